The van der Waals surface area contributed by atoms with Gasteiger partial charge in [-0.2, -0.15) is 0 Å². The molecule has 1 aliphatic heterocycles. The van der Waals surface area contributed by atoms with Crippen LogP contribution in [0.1, 0.15) is 49.8 Å². The average molecular weight is 336 g/mol. The van der Waals surface area contributed by atoms with Gasteiger partial charge in [0.1, 0.15) is 11.5 Å². The summed E-state index contributed by atoms with van der Waals surface area (Å²) in [5.74, 6) is 2.72. The lowest BCUT2D eigenvalue weighted by Gasteiger charge is -2.34. The lowest BCUT2D eigenvalue weighted by atomic mass is 9.74. The Bertz CT molecular complexity index is 623. The normalized spacial score (nSPS) is 23.0. The molecular weight excluding hydrogens is 312 g/mol. The molecule has 1 fully saturated rings. The highest BCUT2D eigenvalue weighted by Gasteiger charge is 2.35. The topological polar surface area (TPSA) is 62.6 Å². The van der Waals surface area contributed by atoms with Crippen molar-refractivity contribution in [3.63, 3.8) is 0 Å². The second-order valence-electron chi connectivity index (χ2n) is 7.25. The molecule has 0 radical (unpaired) electrons. The van der Waals surface area contributed by atoms with Crippen molar-refractivity contribution >= 4 is 22.9 Å². The van der Waals surface area contributed by atoms with Gasteiger partial charge in [0.25, 0.3) is 5.24 Å². The molecular formula is C17H24N2O3S. The van der Waals surface area contributed by atoms with E-state index in [-0.39, 0.29) is 22.6 Å². The Hall–Kier alpha value is -1.43. The maximum atomic E-state index is 12.3. The minimum absolute atomic E-state index is 0.00204. The summed E-state index contributed by atoms with van der Waals surface area (Å²) in [6, 6.07) is 2.04. The SMILES string of the molecule is Cc1cc2c(o1)CC(C)(C)C[C@H]2NC(=O)CCN1CCSC1=O. The van der Waals surface area contributed by atoms with Gasteiger partial charge in [-0.05, 0) is 24.8 Å². The Kier molecular flexibility index (Phi) is 4.45. The number of amides is 2. The Morgan fingerprint density at radius 2 is 2.30 bits per heavy atom. The molecule has 1 aromatic heterocycles. The predicted molar refractivity (Wildman–Crippen MR) is 90.5 cm³/mol. The summed E-state index contributed by atoms with van der Waals surface area (Å²) in [5.41, 5.74) is 1.22. The van der Waals surface area contributed by atoms with Crippen molar-refractivity contribution in [2.45, 2.75) is 46.1 Å². The third-order valence-corrected chi connectivity index (χ3v) is 5.42. The van der Waals surface area contributed by atoms with Crippen molar-refractivity contribution in [3.8, 4) is 0 Å². The van der Waals surface area contributed by atoms with Crippen LogP contribution in [-0.2, 0) is 11.2 Å². The quantitative estimate of drug-likeness (QED) is 0.916. The molecule has 1 aliphatic carbocycles. The summed E-state index contributed by atoms with van der Waals surface area (Å²) in [6.07, 6.45) is 2.17. The van der Waals surface area contributed by atoms with Crippen molar-refractivity contribution in [3.05, 3.63) is 23.2 Å². The fraction of sp³-hybridized carbons (Fsp3) is 0.647. The van der Waals surface area contributed by atoms with Crippen molar-refractivity contribution in [1.29, 1.82) is 0 Å². The van der Waals surface area contributed by atoms with E-state index in [2.05, 4.69) is 19.2 Å². The first kappa shape index (κ1) is 16.4. The third kappa shape index (κ3) is 3.74. The zero-order valence-corrected chi connectivity index (χ0v) is 14.8. The van der Waals surface area contributed by atoms with Gasteiger partial charge in [-0.25, -0.2) is 0 Å². The van der Waals surface area contributed by atoms with Gasteiger partial charge in [-0.15, -0.1) is 0 Å². The van der Waals surface area contributed by atoms with E-state index in [1.807, 2.05) is 13.0 Å². The largest absolute Gasteiger partial charge is 0.466 e. The van der Waals surface area contributed by atoms with E-state index >= 15 is 0 Å². The van der Waals surface area contributed by atoms with Crippen LogP contribution in [0.2, 0.25) is 0 Å². The molecule has 0 spiro atoms. The first-order chi connectivity index (χ1) is 10.8. The maximum Gasteiger partial charge on any atom is 0.281 e. The first-order valence-electron chi connectivity index (χ1n) is 8.14. The van der Waals surface area contributed by atoms with E-state index in [9.17, 15) is 9.59 Å². The number of fused-ring (bicyclic) bond motifs is 1. The van der Waals surface area contributed by atoms with E-state index in [0.29, 0.717) is 13.0 Å². The number of furan rings is 1. The predicted octanol–water partition coefficient (Wildman–Crippen LogP) is 3.28. The molecule has 126 valence electrons. The monoisotopic (exact) mass is 336 g/mol. The molecule has 2 aliphatic rings. The molecule has 1 saturated heterocycles. The van der Waals surface area contributed by atoms with Crippen molar-refractivity contribution in [1.82, 2.24) is 10.2 Å². The molecule has 1 N–H and O–H groups in total. The molecule has 1 aromatic rings. The van der Waals surface area contributed by atoms with Crippen LogP contribution in [-0.4, -0.2) is 34.9 Å². The minimum Gasteiger partial charge on any atom is -0.466 e. The van der Waals surface area contributed by atoms with Crippen molar-refractivity contribution < 1.29 is 14.0 Å². The molecule has 5 nitrogen and oxygen atoms in total. The van der Waals surface area contributed by atoms with Gasteiger partial charge >= 0.3 is 0 Å². The standard InChI is InChI=1S/C17H24N2O3S/c1-11-8-12-13(9-17(2,3)10-14(12)22-11)18-15(20)4-5-19-6-7-23-16(19)21/h8,13H,4-7,9-10H2,1-3H3,(H,18,20)/t13-/m1/s1. The van der Waals surface area contributed by atoms with Gasteiger partial charge in [0.15, 0.2) is 0 Å². The number of rotatable bonds is 4. The van der Waals surface area contributed by atoms with Gasteiger partial charge in [0.05, 0.1) is 6.04 Å². The van der Waals surface area contributed by atoms with E-state index in [4.69, 9.17) is 4.42 Å². The van der Waals surface area contributed by atoms with Crippen LogP contribution in [0.3, 0.4) is 0 Å². The Labute approximate surface area is 141 Å². The number of nitrogens with one attached hydrogen (secondary N) is 1. The number of carbonyl (C=O) groups is 2. The van der Waals surface area contributed by atoms with Crippen molar-refractivity contribution in [2.24, 2.45) is 5.41 Å². The van der Waals surface area contributed by atoms with Crippen LogP contribution in [0.15, 0.2) is 10.5 Å². The lowest BCUT2D eigenvalue weighted by molar-refractivity contribution is -0.122. The van der Waals surface area contributed by atoms with E-state index < -0.39 is 0 Å². The Morgan fingerprint density at radius 3 is 3.00 bits per heavy atom. The van der Waals surface area contributed by atoms with Gasteiger partial charge in [0, 0.05) is 37.2 Å². The maximum absolute atomic E-state index is 12.3. The fourth-order valence-electron chi connectivity index (χ4n) is 3.45. The van der Waals surface area contributed by atoms with Gasteiger partial charge in [0.2, 0.25) is 5.91 Å². The van der Waals surface area contributed by atoms with Crippen LogP contribution in [0.25, 0.3) is 0 Å². The molecule has 0 saturated carbocycles. The van der Waals surface area contributed by atoms with Crippen LogP contribution >= 0.6 is 11.8 Å². The number of hydrogen-bond donors (Lipinski definition) is 1. The summed E-state index contributed by atoms with van der Waals surface area (Å²) >= 11 is 1.33. The van der Waals surface area contributed by atoms with Gasteiger partial charge in [-0.1, -0.05) is 25.6 Å². The zero-order chi connectivity index (χ0) is 16.6. The Balaban J connectivity index is 1.62. The lowest BCUT2D eigenvalue weighted by Crippen LogP contribution is -2.37. The van der Waals surface area contributed by atoms with E-state index in [0.717, 1.165) is 42.2 Å². The first-order valence-corrected chi connectivity index (χ1v) is 9.13. The molecule has 1 atom stereocenters. The third-order valence-electron chi connectivity index (χ3n) is 4.53. The van der Waals surface area contributed by atoms with Crippen LogP contribution in [0.5, 0.6) is 0 Å². The van der Waals surface area contributed by atoms with E-state index in [1.165, 1.54) is 11.8 Å². The summed E-state index contributed by atoms with van der Waals surface area (Å²) in [7, 11) is 0. The smallest absolute Gasteiger partial charge is 0.281 e. The molecule has 0 unspecified atom stereocenters. The number of nitrogens with zero attached hydrogens (tertiary/aromatic N) is 1. The van der Waals surface area contributed by atoms with E-state index in [1.54, 1.807) is 4.90 Å². The minimum atomic E-state index is 0.00204. The van der Waals surface area contributed by atoms with Crippen molar-refractivity contribution in [2.75, 3.05) is 18.8 Å². The number of thioether (sulfide) groups is 1. The summed E-state index contributed by atoms with van der Waals surface area (Å²) in [6.45, 7) is 7.60. The highest BCUT2D eigenvalue weighted by Crippen LogP contribution is 2.42. The number of hydrogen-bond acceptors (Lipinski definition) is 4. The Morgan fingerprint density at radius 1 is 1.52 bits per heavy atom. The summed E-state index contributed by atoms with van der Waals surface area (Å²) in [4.78, 5) is 25.6. The molecule has 23 heavy (non-hydrogen) atoms. The van der Waals surface area contributed by atoms with Crippen LogP contribution in [0, 0.1) is 12.3 Å². The second kappa shape index (κ2) is 6.23. The molecule has 0 aromatic carbocycles. The zero-order valence-electron chi connectivity index (χ0n) is 14.0. The number of aryl methyl sites for hydroxylation is 1. The summed E-state index contributed by atoms with van der Waals surface area (Å²) in [5, 5.41) is 3.23. The molecule has 3 rings (SSSR count). The van der Waals surface area contributed by atoms with Gasteiger partial charge in [-0.3, -0.25) is 9.59 Å². The number of carbonyl (C=O) groups excluding carboxylic acids is 2. The second-order valence-corrected chi connectivity index (χ2v) is 8.30. The van der Waals surface area contributed by atoms with Crippen LogP contribution in [0.4, 0.5) is 4.79 Å². The van der Waals surface area contributed by atoms with Crippen LogP contribution < -0.4 is 5.32 Å². The molecule has 2 amide bonds. The highest BCUT2D eigenvalue weighted by atomic mass is 32.2. The summed E-state index contributed by atoms with van der Waals surface area (Å²) < 4.78 is 5.80. The highest BCUT2D eigenvalue weighted by molar-refractivity contribution is 8.13. The molecule has 6 heteroatoms. The fourth-order valence-corrected chi connectivity index (χ4v) is 4.30. The van der Waals surface area contributed by atoms with Gasteiger partial charge < -0.3 is 14.6 Å². The average Bonchev–Trinajstić information content (AvgIpc) is 3.00. The molecule has 0 bridgehead atoms. The molecule has 2 heterocycles.